The second-order valence-electron chi connectivity index (χ2n) is 4.84. The Kier molecular flexibility index (Phi) is 3.61. The highest BCUT2D eigenvalue weighted by Gasteiger charge is 2.57. The van der Waals surface area contributed by atoms with Crippen LogP contribution in [0.25, 0.3) is 0 Å². The van der Waals surface area contributed by atoms with Gasteiger partial charge in [0.25, 0.3) is 0 Å². The van der Waals surface area contributed by atoms with Crippen LogP contribution in [-0.2, 0) is 5.60 Å². The minimum absolute atomic E-state index is 0.137. The molecule has 0 spiro atoms. The number of aliphatic hydroxyl groups is 1. The van der Waals surface area contributed by atoms with Gasteiger partial charge in [0, 0.05) is 11.1 Å². The monoisotopic (exact) mass is 280 g/mol. The van der Waals surface area contributed by atoms with Crippen LogP contribution >= 0.6 is 0 Å². The van der Waals surface area contributed by atoms with Gasteiger partial charge < -0.3 is 5.11 Å². The van der Waals surface area contributed by atoms with Gasteiger partial charge in [-0.2, -0.15) is 13.2 Å². The largest absolute Gasteiger partial charge is 0.425 e. The molecule has 0 unspecified atom stereocenters. The van der Waals surface area contributed by atoms with Crippen LogP contribution in [0.3, 0.4) is 0 Å². The van der Waals surface area contributed by atoms with Crippen molar-refractivity contribution in [2.45, 2.75) is 25.6 Å². The Labute approximate surface area is 115 Å². The Morgan fingerprint density at radius 1 is 0.750 bits per heavy atom. The molecule has 2 aromatic rings. The summed E-state index contributed by atoms with van der Waals surface area (Å²) in [5, 5.41) is 10.5. The molecule has 0 fully saturated rings. The van der Waals surface area contributed by atoms with Crippen molar-refractivity contribution in [2.75, 3.05) is 0 Å². The van der Waals surface area contributed by atoms with E-state index >= 15 is 0 Å². The van der Waals surface area contributed by atoms with Crippen molar-refractivity contribution >= 4 is 0 Å². The summed E-state index contributed by atoms with van der Waals surface area (Å²) in [6, 6.07) is 12.0. The minimum Gasteiger partial charge on any atom is -0.372 e. The van der Waals surface area contributed by atoms with E-state index in [2.05, 4.69) is 0 Å². The first-order chi connectivity index (χ1) is 9.28. The molecule has 0 saturated carbocycles. The van der Waals surface area contributed by atoms with E-state index < -0.39 is 11.8 Å². The Balaban J connectivity index is 2.78. The fraction of sp³-hybridized carbons (Fsp3) is 0.250. The maximum Gasteiger partial charge on any atom is 0.425 e. The van der Waals surface area contributed by atoms with E-state index in [4.69, 9.17) is 0 Å². The Hall–Kier alpha value is -1.81. The zero-order valence-corrected chi connectivity index (χ0v) is 11.2. The molecular formula is C16H15F3O. The van der Waals surface area contributed by atoms with E-state index in [0.29, 0.717) is 11.1 Å². The zero-order chi connectivity index (χ0) is 15.0. The molecule has 2 rings (SSSR count). The lowest BCUT2D eigenvalue weighted by Gasteiger charge is -2.33. The van der Waals surface area contributed by atoms with Crippen molar-refractivity contribution in [3.63, 3.8) is 0 Å². The highest BCUT2D eigenvalue weighted by molar-refractivity contribution is 5.45. The summed E-state index contributed by atoms with van der Waals surface area (Å²) in [6.07, 6.45) is -4.80. The number of hydrogen-bond acceptors (Lipinski definition) is 1. The first-order valence-electron chi connectivity index (χ1n) is 6.20. The standard InChI is InChI=1S/C16H15F3O/c1-11-7-3-5-9-13(11)15(20,16(17,18)19)14-10-6-4-8-12(14)2/h3-10,20H,1-2H3. The zero-order valence-electron chi connectivity index (χ0n) is 11.2. The van der Waals surface area contributed by atoms with Crippen LogP contribution in [0.5, 0.6) is 0 Å². The molecule has 0 aliphatic heterocycles. The van der Waals surface area contributed by atoms with Gasteiger partial charge in [0.1, 0.15) is 0 Å². The first kappa shape index (κ1) is 14.6. The predicted octanol–water partition coefficient (Wildman–Crippen LogP) is 4.10. The van der Waals surface area contributed by atoms with E-state index in [1.165, 1.54) is 24.3 Å². The molecule has 0 aromatic heterocycles. The SMILES string of the molecule is Cc1ccccc1C(O)(c1ccccc1C)C(F)(F)F. The van der Waals surface area contributed by atoms with E-state index in [0.717, 1.165) is 0 Å². The molecule has 1 N–H and O–H groups in total. The fourth-order valence-corrected chi connectivity index (χ4v) is 2.41. The summed E-state index contributed by atoms with van der Waals surface area (Å²) >= 11 is 0. The number of alkyl halides is 3. The lowest BCUT2D eigenvalue weighted by molar-refractivity contribution is -0.248. The van der Waals surface area contributed by atoms with Crippen LogP contribution in [0.1, 0.15) is 22.3 Å². The summed E-state index contributed by atoms with van der Waals surface area (Å²) in [4.78, 5) is 0. The van der Waals surface area contributed by atoms with Gasteiger partial charge in [0.2, 0.25) is 5.60 Å². The predicted molar refractivity (Wildman–Crippen MR) is 71.4 cm³/mol. The lowest BCUT2D eigenvalue weighted by Crippen LogP contribution is -2.44. The summed E-state index contributed by atoms with van der Waals surface area (Å²) in [5.41, 5.74) is -2.47. The van der Waals surface area contributed by atoms with Crippen molar-refractivity contribution in [3.05, 3.63) is 70.8 Å². The van der Waals surface area contributed by atoms with Crippen LogP contribution in [0, 0.1) is 13.8 Å². The van der Waals surface area contributed by atoms with Crippen molar-refractivity contribution in [1.82, 2.24) is 0 Å². The number of aryl methyl sites for hydroxylation is 2. The lowest BCUT2D eigenvalue weighted by atomic mass is 9.81. The maximum absolute atomic E-state index is 13.6. The molecule has 0 heterocycles. The van der Waals surface area contributed by atoms with Crippen LogP contribution in [0.4, 0.5) is 13.2 Å². The average molecular weight is 280 g/mol. The summed E-state index contributed by atoms with van der Waals surface area (Å²) in [7, 11) is 0. The van der Waals surface area contributed by atoms with Gasteiger partial charge in [0.05, 0.1) is 0 Å². The van der Waals surface area contributed by atoms with Gasteiger partial charge in [-0.25, -0.2) is 0 Å². The third kappa shape index (κ3) is 2.20. The van der Waals surface area contributed by atoms with Crippen molar-refractivity contribution in [1.29, 1.82) is 0 Å². The molecule has 0 saturated heterocycles. The van der Waals surface area contributed by atoms with Gasteiger partial charge in [-0.05, 0) is 25.0 Å². The minimum atomic E-state index is -4.80. The maximum atomic E-state index is 13.6. The number of hydrogen-bond donors (Lipinski definition) is 1. The summed E-state index contributed by atoms with van der Waals surface area (Å²) < 4.78 is 40.8. The van der Waals surface area contributed by atoms with Crippen LogP contribution in [0.15, 0.2) is 48.5 Å². The molecule has 0 atom stereocenters. The molecule has 0 aliphatic rings. The van der Waals surface area contributed by atoms with Gasteiger partial charge >= 0.3 is 6.18 Å². The molecule has 0 amide bonds. The number of rotatable bonds is 2. The molecule has 4 heteroatoms. The molecule has 20 heavy (non-hydrogen) atoms. The Morgan fingerprint density at radius 2 is 1.10 bits per heavy atom. The van der Waals surface area contributed by atoms with Gasteiger partial charge in [-0.1, -0.05) is 48.5 Å². The molecule has 0 radical (unpaired) electrons. The topological polar surface area (TPSA) is 20.2 Å². The number of benzene rings is 2. The second-order valence-corrected chi connectivity index (χ2v) is 4.84. The third-order valence-corrected chi connectivity index (χ3v) is 3.48. The Bertz CT molecular complexity index is 572. The first-order valence-corrected chi connectivity index (χ1v) is 6.20. The van der Waals surface area contributed by atoms with E-state index in [1.807, 2.05) is 0 Å². The summed E-state index contributed by atoms with van der Waals surface area (Å²) in [5.74, 6) is 0. The molecule has 0 aliphatic carbocycles. The molecule has 1 nitrogen and oxygen atoms in total. The molecule has 106 valence electrons. The number of halogens is 3. The molecular weight excluding hydrogens is 265 g/mol. The van der Waals surface area contributed by atoms with Gasteiger partial charge in [0.15, 0.2) is 0 Å². The third-order valence-electron chi connectivity index (χ3n) is 3.48. The van der Waals surface area contributed by atoms with Crippen LogP contribution in [-0.4, -0.2) is 11.3 Å². The quantitative estimate of drug-likeness (QED) is 0.878. The van der Waals surface area contributed by atoms with Gasteiger partial charge in [-0.3, -0.25) is 0 Å². The molecule has 0 bridgehead atoms. The van der Waals surface area contributed by atoms with E-state index in [1.54, 1.807) is 38.1 Å². The van der Waals surface area contributed by atoms with Crippen molar-refractivity contribution < 1.29 is 18.3 Å². The second kappa shape index (κ2) is 4.94. The van der Waals surface area contributed by atoms with Crippen LogP contribution < -0.4 is 0 Å². The fourth-order valence-electron chi connectivity index (χ4n) is 2.41. The van der Waals surface area contributed by atoms with E-state index in [9.17, 15) is 18.3 Å². The molecule has 2 aromatic carbocycles. The normalized spacial score (nSPS) is 12.5. The van der Waals surface area contributed by atoms with E-state index in [-0.39, 0.29) is 11.1 Å². The van der Waals surface area contributed by atoms with Crippen LogP contribution in [0.2, 0.25) is 0 Å². The van der Waals surface area contributed by atoms with Crippen molar-refractivity contribution in [2.24, 2.45) is 0 Å². The highest BCUT2D eigenvalue weighted by atomic mass is 19.4. The smallest absolute Gasteiger partial charge is 0.372 e. The Morgan fingerprint density at radius 3 is 1.40 bits per heavy atom. The summed E-state index contributed by atoms with van der Waals surface area (Å²) in [6.45, 7) is 3.12. The average Bonchev–Trinajstić information content (AvgIpc) is 2.37. The highest BCUT2D eigenvalue weighted by Crippen LogP contribution is 2.46. The van der Waals surface area contributed by atoms with Crippen molar-refractivity contribution in [3.8, 4) is 0 Å². The van der Waals surface area contributed by atoms with Gasteiger partial charge in [-0.15, -0.1) is 0 Å².